The normalized spacial score (nSPS) is 24.4. The first-order valence-corrected chi connectivity index (χ1v) is 8.09. The largest absolute Gasteiger partial charge is 0.490 e. The lowest BCUT2D eigenvalue weighted by molar-refractivity contribution is 0.0205. The molecule has 1 aromatic rings. The van der Waals surface area contributed by atoms with Crippen LogP contribution in [0.25, 0.3) is 0 Å². The molecule has 4 heteroatoms. The summed E-state index contributed by atoms with van der Waals surface area (Å²) in [6, 6.07) is 6.50. The molecule has 0 spiro atoms. The van der Waals surface area contributed by atoms with Crippen molar-refractivity contribution < 1.29 is 9.47 Å². The van der Waals surface area contributed by atoms with E-state index in [-0.39, 0.29) is 12.1 Å². The third-order valence-corrected chi connectivity index (χ3v) is 4.57. The minimum absolute atomic E-state index is 0.262. The molecule has 0 heterocycles. The highest BCUT2D eigenvalue weighted by Gasteiger charge is 2.24. The first kappa shape index (κ1) is 15.8. The second kappa shape index (κ2) is 7.43. The van der Waals surface area contributed by atoms with Crippen molar-refractivity contribution >= 4 is 15.9 Å². The summed E-state index contributed by atoms with van der Waals surface area (Å²) >= 11 is 3.54. The summed E-state index contributed by atoms with van der Waals surface area (Å²) in [6.07, 6.45) is 5.03. The summed E-state index contributed by atoms with van der Waals surface area (Å²) in [6.45, 7) is 2.15. The van der Waals surface area contributed by atoms with Crippen LogP contribution in [0.15, 0.2) is 22.7 Å². The van der Waals surface area contributed by atoms with E-state index in [4.69, 9.17) is 9.47 Å². The molecule has 20 heavy (non-hydrogen) atoms. The Balaban J connectivity index is 2.12. The van der Waals surface area contributed by atoms with E-state index in [0.717, 1.165) is 29.5 Å². The SMILES string of the molecule is CNC(C)c1cc(Br)ccc1OC1CCCC(OC)C1. The molecule has 112 valence electrons. The smallest absolute Gasteiger partial charge is 0.124 e. The predicted molar refractivity (Wildman–Crippen MR) is 85.3 cm³/mol. The van der Waals surface area contributed by atoms with Crippen molar-refractivity contribution in [3.8, 4) is 5.75 Å². The number of rotatable bonds is 5. The van der Waals surface area contributed by atoms with Crippen LogP contribution >= 0.6 is 15.9 Å². The fraction of sp³-hybridized carbons (Fsp3) is 0.625. The van der Waals surface area contributed by atoms with Crippen LogP contribution in [-0.4, -0.2) is 26.4 Å². The van der Waals surface area contributed by atoms with Crippen LogP contribution in [0.5, 0.6) is 5.75 Å². The van der Waals surface area contributed by atoms with Gasteiger partial charge in [-0.1, -0.05) is 15.9 Å². The lowest BCUT2D eigenvalue weighted by Gasteiger charge is -2.30. The van der Waals surface area contributed by atoms with E-state index in [9.17, 15) is 0 Å². The molecule has 0 aliphatic heterocycles. The van der Waals surface area contributed by atoms with Crippen molar-refractivity contribution in [1.82, 2.24) is 5.32 Å². The number of halogens is 1. The van der Waals surface area contributed by atoms with Crippen LogP contribution in [0.2, 0.25) is 0 Å². The molecule has 0 bridgehead atoms. The van der Waals surface area contributed by atoms with E-state index in [1.807, 2.05) is 13.1 Å². The molecule has 3 nitrogen and oxygen atoms in total. The minimum atomic E-state index is 0.262. The Morgan fingerprint density at radius 3 is 2.75 bits per heavy atom. The Hall–Kier alpha value is -0.580. The summed E-state index contributed by atoms with van der Waals surface area (Å²) in [5.41, 5.74) is 1.20. The van der Waals surface area contributed by atoms with Crippen LogP contribution in [0.3, 0.4) is 0 Å². The Morgan fingerprint density at radius 2 is 2.05 bits per heavy atom. The van der Waals surface area contributed by atoms with Crippen LogP contribution < -0.4 is 10.1 Å². The zero-order valence-electron chi connectivity index (χ0n) is 12.5. The Bertz CT molecular complexity index is 438. The van der Waals surface area contributed by atoms with Gasteiger partial charge in [0.05, 0.1) is 6.10 Å². The van der Waals surface area contributed by atoms with Crippen LogP contribution in [0.1, 0.15) is 44.2 Å². The van der Waals surface area contributed by atoms with Gasteiger partial charge in [0.25, 0.3) is 0 Å². The van der Waals surface area contributed by atoms with E-state index < -0.39 is 0 Å². The fourth-order valence-corrected chi connectivity index (χ4v) is 3.10. The highest BCUT2D eigenvalue weighted by Crippen LogP contribution is 2.32. The molecule has 0 radical (unpaired) electrons. The van der Waals surface area contributed by atoms with Gasteiger partial charge in [0, 0.05) is 29.6 Å². The summed E-state index contributed by atoms with van der Waals surface area (Å²) in [5, 5.41) is 3.28. The highest BCUT2D eigenvalue weighted by atomic mass is 79.9. The number of hydrogen-bond acceptors (Lipinski definition) is 3. The Morgan fingerprint density at radius 1 is 1.30 bits per heavy atom. The van der Waals surface area contributed by atoms with Gasteiger partial charge < -0.3 is 14.8 Å². The molecule has 0 amide bonds. The molecule has 0 aromatic heterocycles. The van der Waals surface area contributed by atoms with Gasteiger partial charge in [0.1, 0.15) is 11.9 Å². The Kier molecular flexibility index (Phi) is 5.87. The quantitative estimate of drug-likeness (QED) is 0.875. The van der Waals surface area contributed by atoms with E-state index in [2.05, 4.69) is 40.3 Å². The maximum Gasteiger partial charge on any atom is 0.124 e. The maximum atomic E-state index is 6.26. The lowest BCUT2D eigenvalue weighted by atomic mass is 9.94. The van der Waals surface area contributed by atoms with E-state index in [1.165, 1.54) is 12.0 Å². The summed E-state index contributed by atoms with van der Waals surface area (Å²) in [7, 11) is 3.76. The highest BCUT2D eigenvalue weighted by molar-refractivity contribution is 9.10. The molecule has 0 saturated heterocycles. The number of nitrogens with one attached hydrogen (secondary N) is 1. The standard InChI is InChI=1S/C16H24BrNO2/c1-11(18-2)15-9-12(17)7-8-16(15)20-14-6-4-5-13(10-14)19-3/h7-9,11,13-14,18H,4-6,10H2,1-3H3. The first-order chi connectivity index (χ1) is 9.63. The summed E-state index contributed by atoms with van der Waals surface area (Å²) < 4.78 is 12.8. The zero-order valence-corrected chi connectivity index (χ0v) is 14.1. The molecule has 1 aliphatic carbocycles. The van der Waals surface area contributed by atoms with E-state index >= 15 is 0 Å². The maximum absolute atomic E-state index is 6.26. The number of benzene rings is 1. The topological polar surface area (TPSA) is 30.5 Å². The van der Waals surface area contributed by atoms with E-state index in [1.54, 1.807) is 7.11 Å². The van der Waals surface area contributed by atoms with Gasteiger partial charge in [-0.05, 0) is 51.4 Å². The fourth-order valence-electron chi connectivity index (χ4n) is 2.72. The summed E-state index contributed by atoms with van der Waals surface area (Å²) in [4.78, 5) is 0. The first-order valence-electron chi connectivity index (χ1n) is 7.30. The number of methoxy groups -OCH3 is 1. The molecule has 2 rings (SSSR count). The van der Waals surface area contributed by atoms with Gasteiger partial charge in [-0.25, -0.2) is 0 Å². The van der Waals surface area contributed by atoms with E-state index in [0.29, 0.717) is 6.10 Å². The van der Waals surface area contributed by atoms with Crippen molar-refractivity contribution in [2.45, 2.75) is 50.9 Å². The lowest BCUT2D eigenvalue weighted by Crippen LogP contribution is -2.30. The van der Waals surface area contributed by atoms with Crippen LogP contribution in [-0.2, 0) is 4.74 Å². The van der Waals surface area contributed by atoms with Gasteiger partial charge in [0.15, 0.2) is 0 Å². The molecule has 1 aromatic carbocycles. The van der Waals surface area contributed by atoms with Gasteiger partial charge in [-0.2, -0.15) is 0 Å². The third-order valence-electron chi connectivity index (χ3n) is 4.08. The van der Waals surface area contributed by atoms with Crippen LogP contribution in [0.4, 0.5) is 0 Å². The number of ether oxygens (including phenoxy) is 2. The Labute approximate surface area is 130 Å². The molecule has 1 N–H and O–H groups in total. The van der Waals surface area contributed by atoms with Crippen molar-refractivity contribution in [2.24, 2.45) is 0 Å². The number of hydrogen-bond donors (Lipinski definition) is 1. The van der Waals surface area contributed by atoms with Crippen molar-refractivity contribution in [3.05, 3.63) is 28.2 Å². The molecule has 3 atom stereocenters. The van der Waals surface area contributed by atoms with Crippen molar-refractivity contribution in [1.29, 1.82) is 0 Å². The van der Waals surface area contributed by atoms with Gasteiger partial charge in [0.2, 0.25) is 0 Å². The van der Waals surface area contributed by atoms with Crippen molar-refractivity contribution in [3.63, 3.8) is 0 Å². The summed E-state index contributed by atoms with van der Waals surface area (Å²) in [5.74, 6) is 0.983. The van der Waals surface area contributed by atoms with Gasteiger partial charge >= 0.3 is 0 Å². The predicted octanol–water partition coefficient (Wildman–Crippen LogP) is 4.07. The second-order valence-electron chi connectivity index (χ2n) is 5.46. The molecule has 1 aliphatic rings. The van der Waals surface area contributed by atoms with Gasteiger partial charge in [-0.15, -0.1) is 0 Å². The average molecular weight is 342 g/mol. The molecule has 1 saturated carbocycles. The van der Waals surface area contributed by atoms with Crippen LogP contribution in [0, 0.1) is 0 Å². The zero-order chi connectivity index (χ0) is 14.5. The second-order valence-corrected chi connectivity index (χ2v) is 6.37. The minimum Gasteiger partial charge on any atom is -0.490 e. The average Bonchev–Trinajstić information content (AvgIpc) is 2.48. The molecule has 3 unspecified atom stereocenters. The molecule has 1 fully saturated rings. The van der Waals surface area contributed by atoms with Crippen molar-refractivity contribution in [2.75, 3.05) is 14.2 Å². The monoisotopic (exact) mass is 341 g/mol. The molecular weight excluding hydrogens is 318 g/mol. The third kappa shape index (κ3) is 3.96. The molecular formula is C16H24BrNO2. The van der Waals surface area contributed by atoms with Gasteiger partial charge in [-0.3, -0.25) is 0 Å².